The Morgan fingerprint density at radius 2 is 2.04 bits per heavy atom. The van der Waals surface area contributed by atoms with Crippen molar-refractivity contribution in [2.24, 2.45) is 0 Å². The van der Waals surface area contributed by atoms with Crippen LogP contribution in [-0.2, 0) is 4.79 Å². The first-order chi connectivity index (χ1) is 12.2. The molecule has 7 heteroatoms. The molecule has 132 valence electrons. The molecule has 4 rings (SSSR count). The first kappa shape index (κ1) is 16.2. The zero-order chi connectivity index (χ0) is 17.2. The molecule has 2 fully saturated rings. The molecule has 0 saturated carbocycles. The molecule has 0 unspecified atom stereocenters. The molecular formula is C18H21FN4O2. The Labute approximate surface area is 145 Å². The maximum Gasteiger partial charge on any atom is 0.231 e. The van der Waals surface area contributed by atoms with Gasteiger partial charge in [-0.2, -0.15) is 4.98 Å². The van der Waals surface area contributed by atoms with E-state index in [9.17, 15) is 9.18 Å². The van der Waals surface area contributed by atoms with Crippen molar-refractivity contribution in [3.05, 3.63) is 36.0 Å². The van der Waals surface area contributed by atoms with Gasteiger partial charge in [-0.3, -0.25) is 9.69 Å². The smallest absolute Gasteiger partial charge is 0.231 e. The summed E-state index contributed by atoms with van der Waals surface area (Å²) in [6.07, 6.45) is 3.67. The highest BCUT2D eigenvalue weighted by atomic mass is 19.1. The molecule has 2 aliphatic rings. The van der Waals surface area contributed by atoms with Crippen molar-refractivity contribution in [1.29, 1.82) is 0 Å². The number of nitrogens with zero attached hydrogens (tertiary/aromatic N) is 4. The molecule has 3 heterocycles. The van der Waals surface area contributed by atoms with Crippen molar-refractivity contribution in [2.45, 2.75) is 31.6 Å². The summed E-state index contributed by atoms with van der Waals surface area (Å²) in [4.78, 5) is 20.5. The molecule has 0 radical (unpaired) electrons. The van der Waals surface area contributed by atoms with E-state index in [1.807, 2.05) is 4.90 Å². The van der Waals surface area contributed by atoms with Crippen molar-refractivity contribution < 1.29 is 13.7 Å². The lowest BCUT2D eigenvalue weighted by Gasteiger charge is -2.33. The summed E-state index contributed by atoms with van der Waals surface area (Å²) in [5.74, 6) is 1.25. The zero-order valence-corrected chi connectivity index (χ0v) is 14.0. The van der Waals surface area contributed by atoms with Crippen LogP contribution in [0.3, 0.4) is 0 Å². The van der Waals surface area contributed by atoms with Crippen LogP contribution in [0.1, 0.15) is 37.5 Å². The van der Waals surface area contributed by atoms with Crippen LogP contribution in [0.5, 0.6) is 0 Å². The number of carbonyl (C=O) groups excluding carboxylic acids is 1. The van der Waals surface area contributed by atoms with Gasteiger partial charge in [0.05, 0.1) is 12.6 Å². The van der Waals surface area contributed by atoms with E-state index in [0.29, 0.717) is 24.8 Å². The number of hydrogen-bond acceptors (Lipinski definition) is 5. The average molecular weight is 344 g/mol. The normalized spacial score (nSPS) is 21.9. The van der Waals surface area contributed by atoms with Crippen LogP contribution in [0.2, 0.25) is 0 Å². The third kappa shape index (κ3) is 3.56. The van der Waals surface area contributed by atoms with Crippen molar-refractivity contribution in [2.75, 3.05) is 26.3 Å². The van der Waals surface area contributed by atoms with Crippen LogP contribution in [0.25, 0.3) is 11.4 Å². The van der Waals surface area contributed by atoms with Gasteiger partial charge in [-0.15, -0.1) is 0 Å². The van der Waals surface area contributed by atoms with Gasteiger partial charge < -0.3 is 9.42 Å². The van der Waals surface area contributed by atoms with Gasteiger partial charge in [-0.05, 0) is 50.1 Å². The number of benzene rings is 1. The number of rotatable bonds is 4. The third-order valence-electron chi connectivity index (χ3n) is 4.94. The minimum Gasteiger partial charge on any atom is -0.339 e. The lowest BCUT2D eigenvalue weighted by atomic mass is 9.98. The van der Waals surface area contributed by atoms with E-state index in [0.717, 1.165) is 44.5 Å². The van der Waals surface area contributed by atoms with Crippen molar-refractivity contribution in [3.63, 3.8) is 0 Å². The maximum absolute atomic E-state index is 13.0. The molecule has 1 aromatic heterocycles. The highest BCUT2D eigenvalue weighted by Crippen LogP contribution is 2.28. The van der Waals surface area contributed by atoms with Gasteiger partial charge in [-0.25, -0.2) is 4.39 Å². The minimum absolute atomic E-state index is 0.174. The van der Waals surface area contributed by atoms with E-state index in [1.54, 1.807) is 12.1 Å². The Bertz CT molecular complexity index is 746. The Morgan fingerprint density at radius 1 is 1.20 bits per heavy atom. The third-order valence-corrected chi connectivity index (χ3v) is 4.94. The summed E-state index contributed by atoms with van der Waals surface area (Å²) in [5.41, 5.74) is 0.742. The molecule has 25 heavy (non-hydrogen) atoms. The Balaban J connectivity index is 1.43. The first-order valence-corrected chi connectivity index (χ1v) is 8.79. The molecular weight excluding hydrogens is 323 g/mol. The molecule has 2 aromatic rings. The van der Waals surface area contributed by atoms with Crippen LogP contribution < -0.4 is 0 Å². The monoisotopic (exact) mass is 344 g/mol. The second kappa shape index (κ2) is 6.92. The van der Waals surface area contributed by atoms with E-state index >= 15 is 0 Å². The molecule has 1 amide bonds. The summed E-state index contributed by atoms with van der Waals surface area (Å²) < 4.78 is 18.5. The lowest BCUT2D eigenvalue weighted by molar-refractivity contribution is -0.129. The molecule has 2 aliphatic heterocycles. The molecule has 0 bridgehead atoms. The Hall–Kier alpha value is -2.28. The van der Waals surface area contributed by atoms with Crippen LogP contribution in [0, 0.1) is 5.82 Å². The van der Waals surface area contributed by atoms with Gasteiger partial charge in [-0.1, -0.05) is 5.16 Å². The fourth-order valence-electron chi connectivity index (χ4n) is 3.60. The number of hydrogen-bond donors (Lipinski definition) is 0. The predicted molar refractivity (Wildman–Crippen MR) is 89.1 cm³/mol. The van der Waals surface area contributed by atoms with Gasteiger partial charge in [0, 0.05) is 25.1 Å². The fourth-order valence-corrected chi connectivity index (χ4v) is 3.60. The summed E-state index contributed by atoms with van der Waals surface area (Å²) >= 11 is 0. The van der Waals surface area contributed by atoms with Crippen molar-refractivity contribution in [1.82, 2.24) is 19.9 Å². The minimum atomic E-state index is -0.285. The molecule has 0 N–H and O–H groups in total. The summed E-state index contributed by atoms with van der Waals surface area (Å²) in [6, 6.07) is 6.08. The number of aromatic nitrogens is 2. The number of piperidine rings is 1. The van der Waals surface area contributed by atoms with Crippen LogP contribution in [0.4, 0.5) is 4.39 Å². The van der Waals surface area contributed by atoms with E-state index < -0.39 is 0 Å². The zero-order valence-electron chi connectivity index (χ0n) is 14.0. The van der Waals surface area contributed by atoms with E-state index in [2.05, 4.69) is 15.0 Å². The molecule has 1 aromatic carbocycles. The van der Waals surface area contributed by atoms with Gasteiger partial charge in [0.25, 0.3) is 0 Å². The fraction of sp³-hybridized carbons (Fsp3) is 0.500. The highest BCUT2D eigenvalue weighted by molar-refractivity contribution is 5.77. The van der Waals surface area contributed by atoms with Crippen molar-refractivity contribution >= 4 is 5.91 Å². The summed E-state index contributed by atoms with van der Waals surface area (Å²) in [5, 5.41) is 4.04. The highest BCUT2D eigenvalue weighted by Gasteiger charge is 2.29. The largest absolute Gasteiger partial charge is 0.339 e. The molecule has 1 atom stereocenters. The molecule has 0 spiro atoms. The summed E-state index contributed by atoms with van der Waals surface area (Å²) in [6.45, 7) is 3.34. The maximum atomic E-state index is 13.0. The van der Waals surface area contributed by atoms with Crippen molar-refractivity contribution in [3.8, 4) is 11.4 Å². The second-order valence-corrected chi connectivity index (χ2v) is 6.78. The molecule has 2 saturated heterocycles. The topological polar surface area (TPSA) is 62.5 Å². The Kier molecular flexibility index (Phi) is 4.48. The molecule has 6 nitrogen and oxygen atoms in total. The molecule has 0 aliphatic carbocycles. The van der Waals surface area contributed by atoms with Crippen LogP contribution >= 0.6 is 0 Å². The van der Waals surface area contributed by atoms with Crippen LogP contribution in [-0.4, -0.2) is 52.2 Å². The van der Waals surface area contributed by atoms with E-state index in [-0.39, 0.29) is 17.6 Å². The van der Waals surface area contributed by atoms with Gasteiger partial charge in [0.1, 0.15) is 5.82 Å². The number of halogens is 1. The number of amides is 1. The quantitative estimate of drug-likeness (QED) is 0.853. The number of likely N-dealkylation sites (tertiary alicyclic amines) is 2. The predicted octanol–water partition coefficient (Wildman–Crippen LogP) is 2.64. The van der Waals surface area contributed by atoms with Crippen LogP contribution in [0.15, 0.2) is 28.8 Å². The SMILES string of the molecule is O=C1CCCN1CN1CCC[C@@H](c2nc(-c3ccc(F)cc3)no2)C1. The average Bonchev–Trinajstić information content (AvgIpc) is 3.26. The van der Waals surface area contributed by atoms with E-state index in [4.69, 9.17) is 4.52 Å². The van der Waals surface area contributed by atoms with Gasteiger partial charge >= 0.3 is 0 Å². The Morgan fingerprint density at radius 3 is 2.80 bits per heavy atom. The second-order valence-electron chi connectivity index (χ2n) is 6.78. The summed E-state index contributed by atoms with van der Waals surface area (Å²) in [7, 11) is 0. The van der Waals surface area contributed by atoms with Gasteiger partial charge in [0.15, 0.2) is 0 Å². The van der Waals surface area contributed by atoms with Gasteiger partial charge in [0.2, 0.25) is 17.6 Å². The lowest BCUT2D eigenvalue weighted by Crippen LogP contribution is -2.43. The van der Waals surface area contributed by atoms with E-state index in [1.165, 1.54) is 12.1 Å². The number of carbonyl (C=O) groups is 1. The standard InChI is InChI=1S/C18H21FN4O2/c19-15-7-5-13(6-8-15)17-20-18(25-21-17)14-3-1-9-22(11-14)12-23-10-2-4-16(23)24/h5-8,14H,1-4,9-12H2/t14-/m1/s1. The first-order valence-electron chi connectivity index (χ1n) is 8.79.